The van der Waals surface area contributed by atoms with E-state index in [-0.39, 0.29) is 11.9 Å². The number of hydrogen-bond donors (Lipinski definition) is 1. The van der Waals surface area contributed by atoms with Crippen molar-refractivity contribution in [3.8, 4) is 0 Å². The summed E-state index contributed by atoms with van der Waals surface area (Å²) >= 11 is 7.66. The number of carbonyl (C=O) groups excluding carboxylic acids is 1. The first-order chi connectivity index (χ1) is 14.1. The van der Waals surface area contributed by atoms with Crippen LogP contribution in [0.15, 0.2) is 34.9 Å². The fraction of sp³-hybridized carbons (Fsp3) is 0.381. The number of carbonyl (C=O) groups is 1. The average molecular weight is 431 g/mol. The summed E-state index contributed by atoms with van der Waals surface area (Å²) in [5.41, 5.74) is 1.75. The Hall–Kier alpha value is -2.38. The number of amides is 1. The van der Waals surface area contributed by atoms with Gasteiger partial charge < -0.3 is 14.6 Å². The van der Waals surface area contributed by atoms with Crippen LogP contribution in [0, 0.1) is 6.92 Å². The minimum atomic E-state index is -0.147. The summed E-state index contributed by atoms with van der Waals surface area (Å²) in [6.45, 7) is 5.36. The molecule has 3 aromatic rings. The molecule has 3 heterocycles. The lowest BCUT2D eigenvalue weighted by Gasteiger charge is -2.21. The molecule has 0 unspecified atom stereocenters. The van der Waals surface area contributed by atoms with Gasteiger partial charge in [0.1, 0.15) is 16.7 Å². The van der Waals surface area contributed by atoms with Gasteiger partial charge >= 0.3 is 0 Å². The third-order valence-electron chi connectivity index (χ3n) is 5.01. The quantitative estimate of drug-likeness (QED) is 0.589. The van der Waals surface area contributed by atoms with E-state index in [0.29, 0.717) is 28.8 Å². The van der Waals surface area contributed by atoms with Gasteiger partial charge in [0.2, 0.25) is 5.89 Å². The summed E-state index contributed by atoms with van der Waals surface area (Å²) in [7, 11) is 0. The van der Waals surface area contributed by atoms with E-state index in [2.05, 4.69) is 15.3 Å². The van der Waals surface area contributed by atoms with Crippen molar-refractivity contribution in [1.82, 2.24) is 14.9 Å². The molecule has 1 aliphatic heterocycles. The molecule has 1 atom stereocenters. The number of rotatable bonds is 6. The monoisotopic (exact) mass is 430 g/mol. The van der Waals surface area contributed by atoms with Crippen LogP contribution < -0.4 is 5.32 Å². The zero-order valence-corrected chi connectivity index (χ0v) is 18.0. The van der Waals surface area contributed by atoms with Crippen molar-refractivity contribution in [2.24, 2.45) is 0 Å². The van der Waals surface area contributed by atoms with Gasteiger partial charge in [0, 0.05) is 24.5 Å². The molecule has 0 spiro atoms. The zero-order valence-electron chi connectivity index (χ0n) is 16.4. The van der Waals surface area contributed by atoms with Crippen LogP contribution in [-0.2, 0) is 6.42 Å². The Morgan fingerprint density at radius 3 is 3.03 bits per heavy atom. The molecule has 0 bridgehead atoms. The largest absolute Gasteiger partial charge is 0.443 e. The van der Waals surface area contributed by atoms with Crippen LogP contribution in [0.25, 0.3) is 0 Å². The highest BCUT2D eigenvalue weighted by Gasteiger charge is 2.35. The van der Waals surface area contributed by atoms with Crippen LogP contribution in [-0.4, -0.2) is 33.9 Å². The number of aryl methyl sites for hydroxylation is 1. The minimum Gasteiger partial charge on any atom is -0.443 e. The Labute approximate surface area is 178 Å². The molecule has 0 radical (unpaired) electrons. The highest BCUT2D eigenvalue weighted by molar-refractivity contribution is 7.17. The summed E-state index contributed by atoms with van der Waals surface area (Å²) in [5.74, 6) is 1.33. The summed E-state index contributed by atoms with van der Waals surface area (Å²) in [6, 6.07) is 7.55. The van der Waals surface area contributed by atoms with Gasteiger partial charge in [-0.25, -0.2) is 9.97 Å². The van der Waals surface area contributed by atoms with Crippen molar-refractivity contribution >= 4 is 34.0 Å². The van der Waals surface area contributed by atoms with Crippen LogP contribution in [0.4, 0.5) is 5.13 Å². The number of halogens is 1. The van der Waals surface area contributed by atoms with E-state index < -0.39 is 0 Å². The Morgan fingerprint density at radius 2 is 2.24 bits per heavy atom. The Kier molecular flexibility index (Phi) is 5.87. The molecule has 1 amide bonds. The van der Waals surface area contributed by atoms with Gasteiger partial charge in [0.25, 0.3) is 5.91 Å². The third-order valence-corrected chi connectivity index (χ3v) is 6.48. The fourth-order valence-corrected chi connectivity index (χ4v) is 4.80. The fourth-order valence-electron chi connectivity index (χ4n) is 3.61. The lowest BCUT2D eigenvalue weighted by atomic mass is 10.1. The molecular weight excluding hydrogens is 408 g/mol. The number of likely N-dealkylation sites (tertiary alicyclic amines) is 1. The van der Waals surface area contributed by atoms with Gasteiger partial charge in [0.05, 0.1) is 11.9 Å². The first kappa shape index (κ1) is 19.9. The second-order valence-corrected chi connectivity index (χ2v) is 8.46. The van der Waals surface area contributed by atoms with E-state index in [4.69, 9.17) is 16.0 Å². The first-order valence-electron chi connectivity index (χ1n) is 9.77. The summed E-state index contributed by atoms with van der Waals surface area (Å²) in [6.07, 6.45) is 4.08. The van der Waals surface area contributed by atoms with E-state index in [0.717, 1.165) is 41.5 Å². The number of hydrogen-bond acceptors (Lipinski definition) is 6. The summed E-state index contributed by atoms with van der Waals surface area (Å²) in [4.78, 5) is 24.7. The summed E-state index contributed by atoms with van der Waals surface area (Å²) < 4.78 is 6.03. The molecule has 2 aromatic heterocycles. The van der Waals surface area contributed by atoms with Crippen molar-refractivity contribution in [2.45, 2.75) is 39.2 Å². The predicted molar refractivity (Wildman–Crippen MR) is 115 cm³/mol. The van der Waals surface area contributed by atoms with Crippen molar-refractivity contribution in [3.05, 3.63) is 63.3 Å². The molecule has 1 saturated heterocycles. The van der Waals surface area contributed by atoms with Gasteiger partial charge in [0.15, 0.2) is 5.13 Å². The molecule has 1 fully saturated rings. The Balaban J connectivity index is 1.52. The molecule has 29 heavy (non-hydrogen) atoms. The molecule has 6 nitrogen and oxygen atoms in total. The topological polar surface area (TPSA) is 71.3 Å². The van der Waals surface area contributed by atoms with E-state index >= 15 is 0 Å². The number of oxazole rings is 1. The maximum absolute atomic E-state index is 13.2. The SMILES string of the molecule is CCNc1nc(C)c(C(=O)N2CCC[C@@H]2c2ncc(Cc3ccccc3Cl)o2)s1. The first-order valence-corrected chi connectivity index (χ1v) is 11.0. The predicted octanol–water partition coefficient (Wildman–Crippen LogP) is 5.09. The van der Waals surface area contributed by atoms with Crippen LogP contribution in [0.5, 0.6) is 0 Å². The van der Waals surface area contributed by atoms with E-state index in [1.54, 1.807) is 6.20 Å². The highest BCUT2D eigenvalue weighted by atomic mass is 35.5. The maximum atomic E-state index is 13.2. The lowest BCUT2D eigenvalue weighted by molar-refractivity contribution is 0.0718. The van der Waals surface area contributed by atoms with Crippen LogP contribution in [0.3, 0.4) is 0 Å². The van der Waals surface area contributed by atoms with E-state index in [1.165, 1.54) is 11.3 Å². The third kappa shape index (κ3) is 4.16. The van der Waals surface area contributed by atoms with Gasteiger partial charge in [-0.3, -0.25) is 4.79 Å². The maximum Gasteiger partial charge on any atom is 0.266 e. The van der Waals surface area contributed by atoms with E-state index in [9.17, 15) is 4.79 Å². The smallest absolute Gasteiger partial charge is 0.266 e. The van der Waals surface area contributed by atoms with Gasteiger partial charge in [-0.1, -0.05) is 41.1 Å². The van der Waals surface area contributed by atoms with E-state index in [1.807, 2.05) is 43.0 Å². The molecule has 1 aromatic carbocycles. The number of nitrogens with one attached hydrogen (secondary N) is 1. The normalized spacial score (nSPS) is 16.4. The molecule has 4 rings (SSSR count). The molecule has 0 saturated carbocycles. The van der Waals surface area contributed by atoms with Gasteiger partial charge in [-0.05, 0) is 38.3 Å². The van der Waals surface area contributed by atoms with Crippen molar-refractivity contribution in [2.75, 3.05) is 18.4 Å². The average Bonchev–Trinajstić information content (AvgIpc) is 3.43. The number of benzene rings is 1. The lowest BCUT2D eigenvalue weighted by Crippen LogP contribution is -2.30. The number of aromatic nitrogens is 2. The Bertz CT molecular complexity index is 1020. The molecule has 1 aliphatic rings. The zero-order chi connectivity index (χ0) is 20.4. The van der Waals surface area contributed by atoms with Crippen LogP contribution in [0.2, 0.25) is 5.02 Å². The molecule has 1 N–H and O–H groups in total. The second kappa shape index (κ2) is 8.55. The van der Waals surface area contributed by atoms with Crippen LogP contribution >= 0.6 is 22.9 Å². The van der Waals surface area contributed by atoms with Crippen molar-refractivity contribution in [3.63, 3.8) is 0 Å². The molecule has 8 heteroatoms. The summed E-state index contributed by atoms with van der Waals surface area (Å²) in [5, 5.41) is 4.67. The number of nitrogens with zero attached hydrogens (tertiary/aromatic N) is 3. The minimum absolute atomic E-state index is 0.00231. The molecule has 0 aliphatic carbocycles. The van der Waals surface area contributed by atoms with Gasteiger partial charge in [-0.15, -0.1) is 0 Å². The van der Waals surface area contributed by atoms with Crippen LogP contribution in [0.1, 0.15) is 58.4 Å². The second-order valence-electron chi connectivity index (χ2n) is 7.05. The van der Waals surface area contributed by atoms with Gasteiger partial charge in [-0.2, -0.15) is 0 Å². The number of thiazole rings is 1. The van der Waals surface area contributed by atoms with Crippen molar-refractivity contribution in [1.29, 1.82) is 0 Å². The highest BCUT2D eigenvalue weighted by Crippen LogP contribution is 2.35. The number of anilines is 1. The standard InChI is InChI=1S/C21H23ClN4O2S/c1-3-23-21-25-13(2)18(29-21)20(27)26-10-6-9-17(26)19-24-12-15(28-19)11-14-7-4-5-8-16(14)22/h4-5,7-8,12,17H,3,6,9-11H2,1-2H3,(H,23,25)/t17-/m1/s1. The molecule has 152 valence electrons. The van der Waals surface area contributed by atoms with Crippen molar-refractivity contribution < 1.29 is 9.21 Å². The Morgan fingerprint density at radius 1 is 1.41 bits per heavy atom. The molecular formula is C21H23ClN4O2S.